The number of aliphatic hydroxyl groups excluding tert-OH is 3. The molecule has 6 N–H and O–H groups in total. The Hall–Kier alpha value is -1.22. The van der Waals surface area contributed by atoms with Gasteiger partial charge in [-0.05, 0) is 12.2 Å². The van der Waals surface area contributed by atoms with E-state index in [1.54, 1.807) is 0 Å². The molecule has 0 radical (unpaired) electrons. The second-order valence-electron chi connectivity index (χ2n) is 5.45. The molecular weight excluding hydrogens is 356 g/mol. The third-order valence-corrected chi connectivity index (χ3v) is 4.30. The van der Waals surface area contributed by atoms with Crippen LogP contribution in [0, 0.1) is 4.77 Å². The van der Waals surface area contributed by atoms with Crippen molar-refractivity contribution in [3.63, 3.8) is 0 Å². The molecule has 25 heavy (non-hydrogen) atoms. The second kappa shape index (κ2) is 8.44. The largest absolute Gasteiger partial charge is 0.394 e. The monoisotopic (exact) mass is 378 g/mol. The normalized spacial score (nSPS) is 29.2. The molecule has 0 aliphatic carbocycles. The van der Waals surface area contributed by atoms with E-state index in [1.165, 1.54) is 25.0 Å². The smallest absolute Gasteiger partial charge is 0.256 e. The summed E-state index contributed by atoms with van der Waals surface area (Å²) in [5, 5.41) is 30.1. The fraction of sp³-hybridized carbons (Fsp3) is 0.692. The average Bonchev–Trinajstić information content (AvgIpc) is 2.84. The molecule has 1 fully saturated rings. The van der Waals surface area contributed by atoms with E-state index >= 15 is 0 Å². The van der Waals surface area contributed by atoms with Crippen LogP contribution >= 0.6 is 12.2 Å². The summed E-state index contributed by atoms with van der Waals surface area (Å²) in [7, 11) is 2.77. The number of nitrogens with one attached hydrogen (secondary N) is 3. The molecule has 2 heterocycles. The van der Waals surface area contributed by atoms with Crippen LogP contribution in [0.15, 0.2) is 11.0 Å². The van der Waals surface area contributed by atoms with Gasteiger partial charge < -0.3 is 29.7 Å². The maximum absolute atomic E-state index is 12.0. The van der Waals surface area contributed by atoms with Crippen molar-refractivity contribution in [2.75, 3.05) is 27.4 Å². The average molecular weight is 378 g/mol. The Bertz CT molecular complexity index is 696. The summed E-state index contributed by atoms with van der Waals surface area (Å²) in [6.07, 6.45) is -2.46. The van der Waals surface area contributed by atoms with Crippen molar-refractivity contribution in [2.24, 2.45) is 0 Å². The van der Waals surface area contributed by atoms with E-state index in [1.807, 2.05) is 0 Å². The highest BCUT2D eigenvalue weighted by Crippen LogP contribution is 2.35. The van der Waals surface area contributed by atoms with E-state index < -0.39 is 36.2 Å². The molecule has 0 saturated carbocycles. The van der Waals surface area contributed by atoms with Gasteiger partial charge in [-0.1, -0.05) is 0 Å². The lowest BCUT2D eigenvalue weighted by atomic mass is 10.0. The van der Waals surface area contributed by atoms with Crippen LogP contribution in [0.25, 0.3) is 0 Å². The summed E-state index contributed by atoms with van der Waals surface area (Å²) in [5.41, 5.74) is 3.30. The fourth-order valence-corrected chi connectivity index (χ4v) is 2.99. The Morgan fingerprint density at radius 2 is 2.08 bits per heavy atom. The second-order valence-corrected chi connectivity index (χ2v) is 5.84. The number of H-pyrrole nitrogens is 1. The van der Waals surface area contributed by atoms with Crippen molar-refractivity contribution in [1.29, 1.82) is 0 Å². The maximum atomic E-state index is 12.0. The van der Waals surface area contributed by atoms with Crippen LogP contribution in [0.2, 0.25) is 0 Å². The molecule has 1 aromatic heterocycles. The molecule has 0 bridgehead atoms. The first-order chi connectivity index (χ1) is 11.9. The molecule has 11 nitrogen and oxygen atoms in total. The number of aliphatic hydroxyl groups is 3. The molecule has 142 valence electrons. The quantitative estimate of drug-likeness (QED) is 0.211. The topological polar surface area (TPSA) is 150 Å². The van der Waals surface area contributed by atoms with Gasteiger partial charge in [0.2, 0.25) is 0 Å². The highest BCUT2D eigenvalue weighted by atomic mass is 32.1. The van der Waals surface area contributed by atoms with Crippen LogP contribution in [0.5, 0.6) is 0 Å². The minimum atomic E-state index is -1.61. The molecule has 0 unspecified atom stereocenters. The molecule has 1 aliphatic rings. The Kier molecular flexibility index (Phi) is 6.79. The van der Waals surface area contributed by atoms with E-state index in [0.717, 1.165) is 0 Å². The van der Waals surface area contributed by atoms with Gasteiger partial charge in [-0.25, -0.2) is 0 Å². The predicted octanol–water partition coefficient (Wildman–Crippen LogP) is -2.53. The van der Waals surface area contributed by atoms with E-state index in [-0.39, 0.29) is 23.4 Å². The zero-order valence-electron chi connectivity index (χ0n) is 13.8. The predicted molar refractivity (Wildman–Crippen MR) is 86.7 cm³/mol. The van der Waals surface area contributed by atoms with Gasteiger partial charge in [0.15, 0.2) is 10.5 Å². The summed E-state index contributed by atoms with van der Waals surface area (Å²) in [5.74, 6) is 0. The van der Waals surface area contributed by atoms with Crippen molar-refractivity contribution in [2.45, 2.75) is 30.6 Å². The van der Waals surface area contributed by atoms with Crippen molar-refractivity contribution in [3.05, 3.63) is 26.9 Å². The zero-order valence-corrected chi connectivity index (χ0v) is 14.6. The first-order valence-corrected chi connectivity index (χ1v) is 7.84. The van der Waals surface area contributed by atoms with Crippen LogP contribution < -0.4 is 16.5 Å². The molecule has 0 aromatic carbocycles. The van der Waals surface area contributed by atoms with E-state index in [2.05, 4.69) is 15.9 Å². The highest BCUT2D eigenvalue weighted by Gasteiger charge is 2.55. The number of rotatable bonds is 8. The molecule has 1 aliphatic heterocycles. The first-order valence-electron chi connectivity index (χ1n) is 7.43. The summed E-state index contributed by atoms with van der Waals surface area (Å²) in [6, 6.07) is 0. The van der Waals surface area contributed by atoms with E-state index in [0.29, 0.717) is 0 Å². The Balaban J connectivity index is 2.55. The maximum Gasteiger partial charge on any atom is 0.256 e. The van der Waals surface area contributed by atoms with Crippen molar-refractivity contribution in [1.82, 2.24) is 20.5 Å². The van der Waals surface area contributed by atoms with Crippen LogP contribution in [0.4, 0.5) is 0 Å². The summed E-state index contributed by atoms with van der Waals surface area (Å²) in [4.78, 5) is 24.1. The molecule has 12 heteroatoms. The van der Waals surface area contributed by atoms with Gasteiger partial charge in [0.05, 0.1) is 33.9 Å². The van der Waals surface area contributed by atoms with Crippen LogP contribution in [0.1, 0.15) is 5.56 Å². The third-order valence-electron chi connectivity index (χ3n) is 4.00. The van der Waals surface area contributed by atoms with Crippen molar-refractivity contribution < 1.29 is 29.7 Å². The number of aromatic amines is 1. The number of ether oxygens (including phenoxy) is 1. The lowest BCUT2D eigenvalue weighted by Gasteiger charge is -2.34. The summed E-state index contributed by atoms with van der Waals surface area (Å²) in [6.45, 7) is -0.561. The SMILES string of the molecule is CONCc1cn([C@]2(CNOC)O[C@H](CO)[C@@H](O)[C@H]2O)c(=S)[nH]c1=O. The molecule has 0 amide bonds. The van der Waals surface area contributed by atoms with Crippen LogP contribution in [-0.4, -0.2) is 70.6 Å². The van der Waals surface area contributed by atoms with Crippen molar-refractivity contribution in [3.8, 4) is 0 Å². The zero-order chi connectivity index (χ0) is 18.6. The Morgan fingerprint density at radius 3 is 2.64 bits per heavy atom. The fourth-order valence-electron chi connectivity index (χ4n) is 2.69. The van der Waals surface area contributed by atoms with Gasteiger partial charge in [-0.2, -0.15) is 11.0 Å². The number of hydrogen-bond donors (Lipinski definition) is 6. The number of hydroxylamine groups is 2. The number of aromatic nitrogens is 2. The van der Waals surface area contributed by atoms with Crippen LogP contribution in [0.3, 0.4) is 0 Å². The van der Waals surface area contributed by atoms with Crippen molar-refractivity contribution >= 4 is 12.2 Å². The summed E-state index contributed by atoms with van der Waals surface area (Å²) >= 11 is 5.19. The van der Waals surface area contributed by atoms with Crippen LogP contribution in [-0.2, 0) is 26.7 Å². The number of nitrogens with zero attached hydrogens (tertiary/aromatic N) is 1. The molecule has 0 spiro atoms. The van der Waals surface area contributed by atoms with Gasteiger partial charge in [-0.3, -0.25) is 14.3 Å². The highest BCUT2D eigenvalue weighted by molar-refractivity contribution is 7.71. The van der Waals surface area contributed by atoms with Gasteiger partial charge in [0.1, 0.15) is 18.3 Å². The Labute approximate surface area is 148 Å². The van der Waals surface area contributed by atoms with Gasteiger partial charge in [0, 0.05) is 11.8 Å². The molecule has 2 rings (SSSR count). The number of hydrogen-bond acceptors (Lipinski definition) is 10. The standard InChI is InChI=1S/C13H22N4O7S/c1-22-14-3-7-4-17(12(25)16-11(7)21)13(6-15-23-2)10(20)9(19)8(5-18)24-13/h4,8-10,14-15,18-20H,3,5-6H2,1-2H3,(H,16,21,25)/t8-,9-,10-,13-/m1/s1. The minimum absolute atomic E-state index is 0.0334. The molecular formula is C13H22N4O7S. The molecule has 1 saturated heterocycles. The molecule has 4 atom stereocenters. The van der Waals surface area contributed by atoms with Gasteiger partial charge >= 0.3 is 0 Å². The van der Waals surface area contributed by atoms with E-state index in [9.17, 15) is 20.1 Å². The lowest BCUT2D eigenvalue weighted by molar-refractivity contribution is -0.161. The molecule has 1 aromatic rings. The Morgan fingerprint density at radius 1 is 1.40 bits per heavy atom. The lowest BCUT2D eigenvalue weighted by Crippen LogP contribution is -2.53. The third kappa shape index (κ3) is 3.81. The van der Waals surface area contributed by atoms with E-state index in [4.69, 9.17) is 26.6 Å². The minimum Gasteiger partial charge on any atom is -0.394 e. The van der Waals surface area contributed by atoms with Gasteiger partial charge in [0.25, 0.3) is 5.56 Å². The first kappa shape index (κ1) is 20.1. The summed E-state index contributed by atoms with van der Waals surface area (Å²) < 4.78 is 7.00. The van der Waals surface area contributed by atoms with Gasteiger partial charge in [-0.15, -0.1) is 0 Å².